The van der Waals surface area contributed by atoms with Crippen molar-refractivity contribution in [2.24, 2.45) is 16.6 Å². The van der Waals surface area contributed by atoms with Crippen molar-refractivity contribution in [1.82, 2.24) is 14.5 Å². The van der Waals surface area contributed by atoms with E-state index in [0.29, 0.717) is 18.7 Å². The highest BCUT2D eigenvalue weighted by molar-refractivity contribution is 6.00. The van der Waals surface area contributed by atoms with Gasteiger partial charge in [-0.1, -0.05) is 11.2 Å². The summed E-state index contributed by atoms with van der Waals surface area (Å²) in [6, 6.07) is 11.1. The molecule has 0 radical (unpaired) electrons. The minimum absolute atomic E-state index is 0.0572. The molecule has 1 aromatic carbocycles. The number of nitrogens with zero attached hydrogens (tertiary/aromatic N) is 4. The van der Waals surface area contributed by atoms with Gasteiger partial charge in [0.1, 0.15) is 5.69 Å². The molecule has 0 unspecified atom stereocenters. The van der Waals surface area contributed by atoms with E-state index in [-0.39, 0.29) is 5.84 Å². The van der Waals surface area contributed by atoms with Gasteiger partial charge < -0.3 is 21.2 Å². The molecule has 0 aliphatic heterocycles. The topological polar surface area (TPSA) is 115 Å². The Morgan fingerprint density at radius 2 is 2.14 bits per heavy atom. The van der Waals surface area contributed by atoms with Gasteiger partial charge in [0.25, 0.3) is 0 Å². The van der Waals surface area contributed by atoms with Gasteiger partial charge in [0.05, 0.1) is 11.0 Å². The number of aromatic nitrogens is 3. The third kappa shape index (κ3) is 2.38. The minimum Gasteiger partial charge on any atom is -0.409 e. The predicted octanol–water partition coefficient (Wildman–Crippen LogP) is 1.15. The minimum atomic E-state index is 0.0572. The summed E-state index contributed by atoms with van der Waals surface area (Å²) in [6.07, 6.45) is 1.73. The molecule has 5 N–H and O–H groups in total. The van der Waals surface area contributed by atoms with Crippen LogP contribution in [0, 0.1) is 0 Å². The molecule has 7 nitrogen and oxygen atoms in total. The highest BCUT2D eigenvalue weighted by atomic mass is 16.4. The van der Waals surface area contributed by atoms with Crippen LogP contribution in [0.2, 0.25) is 0 Å². The molecule has 0 amide bonds. The highest BCUT2D eigenvalue weighted by Crippen LogP contribution is 2.24. The summed E-state index contributed by atoms with van der Waals surface area (Å²) in [4.78, 5) is 8.98. The second kappa shape index (κ2) is 5.82. The quantitative estimate of drug-likeness (QED) is 0.289. The van der Waals surface area contributed by atoms with E-state index >= 15 is 0 Å². The molecule has 7 heteroatoms. The zero-order chi connectivity index (χ0) is 15.5. The number of hydrogen-bond acceptors (Lipinski definition) is 5. The highest BCUT2D eigenvalue weighted by Gasteiger charge is 2.14. The third-order valence-corrected chi connectivity index (χ3v) is 3.40. The maximum atomic E-state index is 8.83. The lowest BCUT2D eigenvalue weighted by molar-refractivity contribution is 0.318. The van der Waals surface area contributed by atoms with Crippen molar-refractivity contribution in [2.45, 2.75) is 6.54 Å². The standard InChI is InChI=1S/C15H16N6O/c16-6-8-21-13-9-10(14(17)20-22)4-5-11(13)19-15(21)12-3-1-2-7-18-12/h1-5,7,9,22H,6,8,16H2,(H2,17,20). The number of benzene rings is 1. The molecule has 0 aliphatic carbocycles. The lowest BCUT2D eigenvalue weighted by atomic mass is 10.2. The Bertz CT molecular complexity index is 825. The molecular weight excluding hydrogens is 280 g/mol. The van der Waals surface area contributed by atoms with E-state index in [1.165, 1.54) is 0 Å². The van der Waals surface area contributed by atoms with Crippen LogP contribution in [0.5, 0.6) is 0 Å². The molecule has 0 saturated carbocycles. The zero-order valence-electron chi connectivity index (χ0n) is 11.8. The summed E-state index contributed by atoms with van der Waals surface area (Å²) in [5, 5.41) is 11.9. The number of pyridine rings is 1. The Labute approximate surface area is 126 Å². The van der Waals surface area contributed by atoms with Crippen molar-refractivity contribution in [1.29, 1.82) is 0 Å². The summed E-state index contributed by atoms with van der Waals surface area (Å²) in [5.74, 6) is 0.805. The molecule has 2 aromatic heterocycles. The molecular formula is C15H16N6O. The first-order valence-electron chi connectivity index (χ1n) is 6.84. The Morgan fingerprint density at radius 3 is 2.82 bits per heavy atom. The van der Waals surface area contributed by atoms with Gasteiger partial charge in [-0.3, -0.25) is 4.98 Å². The molecule has 0 fully saturated rings. The monoisotopic (exact) mass is 296 g/mol. The van der Waals surface area contributed by atoms with Crippen molar-refractivity contribution in [2.75, 3.05) is 6.54 Å². The average Bonchev–Trinajstić information content (AvgIpc) is 2.93. The first kappa shape index (κ1) is 14.0. The number of rotatable bonds is 4. The smallest absolute Gasteiger partial charge is 0.170 e. The second-order valence-electron chi connectivity index (χ2n) is 4.78. The van der Waals surface area contributed by atoms with Gasteiger partial charge in [-0.05, 0) is 30.3 Å². The van der Waals surface area contributed by atoms with Crippen LogP contribution < -0.4 is 11.5 Å². The van der Waals surface area contributed by atoms with Gasteiger partial charge in [0.15, 0.2) is 11.7 Å². The number of nitrogens with two attached hydrogens (primary N) is 2. The van der Waals surface area contributed by atoms with Crippen LogP contribution in [0.15, 0.2) is 47.8 Å². The van der Waals surface area contributed by atoms with Crippen molar-refractivity contribution in [3.8, 4) is 11.5 Å². The average molecular weight is 296 g/mol. The summed E-state index contributed by atoms with van der Waals surface area (Å²) in [6.45, 7) is 1.07. The maximum Gasteiger partial charge on any atom is 0.170 e. The summed E-state index contributed by atoms with van der Waals surface area (Å²) in [5.41, 5.74) is 14.5. The van der Waals surface area contributed by atoms with Crippen LogP contribution in [-0.2, 0) is 6.54 Å². The maximum absolute atomic E-state index is 8.83. The van der Waals surface area contributed by atoms with E-state index in [9.17, 15) is 0 Å². The van der Waals surface area contributed by atoms with Gasteiger partial charge in [-0.15, -0.1) is 0 Å². The first-order chi connectivity index (χ1) is 10.7. The van der Waals surface area contributed by atoms with Crippen molar-refractivity contribution >= 4 is 16.9 Å². The number of imidazole rings is 1. The molecule has 0 aliphatic rings. The second-order valence-corrected chi connectivity index (χ2v) is 4.78. The molecule has 3 rings (SSSR count). The Morgan fingerprint density at radius 1 is 1.27 bits per heavy atom. The number of amidine groups is 1. The predicted molar refractivity (Wildman–Crippen MR) is 84.5 cm³/mol. The number of oxime groups is 1. The fourth-order valence-electron chi connectivity index (χ4n) is 2.39. The molecule has 0 spiro atoms. The Kier molecular flexibility index (Phi) is 3.71. The van der Waals surface area contributed by atoms with Crippen LogP contribution in [0.1, 0.15) is 5.56 Å². The van der Waals surface area contributed by atoms with E-state index in [2.05, 4.69) is 15.1 Å². The molecule has 2 heterocycles. The zero-order valence-corrected chi connectivity index (χ0v) is 11.8. The number of fused-ring (bicyclic) bond motifs is 1. The summed E-state index contributed by atoms with van der Waals surface area (Å²) < 4.78 is 1.99. The van der Waals surface area contributed by atoms with Crippen LogP contribution in [0.25, 0.3) is 22.6 Å². The Balaban J connectivity index is 2.23. The van der Waals surface area contributed by atoms with Gasteiger partial charge in [0, 0.05) is 24.8 Å². The molecule has 112 valence electrons. The first-order valence-corrected chi connectivity index (χ1v) is 6.84. The van der Waals surface area contributed by atoms with Gasteiger partial charge in [-0.25, -0.2) is 4.98 Å². The largest absolute Gasteiger partial charge is 0.409 e. The lowest BCUT2D eigenvalue weighted by Crippen LogP contribution is -2.14. The van der Waals surface area contributed by atoms with E-state index in [1.807, 2.05) is 34.9 Å². The van der Waals surface area contributed by atoms with E-state index in [4.69, 9.17) is 16.7 Å². The fourth-order valence-corrected chi connectivity index (χ4v) is 2.39. The number of hydrogen-bond donors (Lipinski definition) is 3. The van der Waals surface area contributed by atoms with Gasteiger partial charge in [0.2, 0.25) is 0 Å². The molecule has 0 atom stereocenters. The summed E-state index contributed by atoms with van der Waals surface area (Å²) in [7, 11) is 0. The summed E-state index contributed by atoms with van der Waals surface area (Å²) >= 11 is 0. The Hall–Kier alpha value is -2.93. The van der Waals surface area contributed by atoms with E-state index in [0.717, 1.165) is 22.6 Å². The van der Waals surface area contributed by atoms with Crippen LogP contribution in [0.3, 0.4) is 0 Å². The molecule has 0 bridgehead atoms. The van der Waals surface area contributed by atoms with Crippen LogP contribution >= 0.6 is 0 Å². The lowest BCUT2D eigenvalue weighted by Gasteiger charge is -2.07. The molecule has 22 heavy (non-hydrogen) atoms. The normalized spacial score (nSPS) is 12.0. The van der Waals surface area contributed by atoms with Gasteiger partial charge >= 0.3 is 0 Å². The SMILES string of the molecule is NCCn1c(-c2ccccn2)nc2ccc(/C(N)=N\O)cc21. The van der Waals surface area contributed by atoms with Crippen LogP contribution in [-0.4, -0.2) is 32.1 Å². The molecule has 0 saturated heterocycles. The third-order valence-electron chi connectivity index (χ3n) is 3.40. The van der Waals surface area contributed by atoms with Gasteiger partial charge in [-0.2, -0.15) is 0 Å². The van der Waals surface area contributed by atoms with E-state index in [1.54, 1.807) is 12.3 Å². The van der Waals surface area contributed by atoms with Crippen molar-refractivity contribution < 1.29 is 5.21 Å². The van der Waals surface area contributed by atoms with E-state index < -0.39 is 0 Å². The van der Waals surface area contributed by atoms with Crippen molar-refractivity contribution in [3.05, 3.63) is 48.2 Å². The molecule has 3 aromatic rings. The fraction of sp³-hybridized carbons (Fsp3) is 0.133. The van der Waals surface area contributed by atoms with Crippen LogP contribution in [0.4, 0.5) is 0 Å². The van der Waals surface area contributed by atoms with Crippen molar-refractivity contribution in [3.63, 3.8) is 0 Å².